The van der Waals surface area contributed by atoms with Crippen molar-refractivity contribution in [3.8, 4) is 17.3 Å². The standard InChI is InChI=1S/C28H32N10O/c1-19-17-31-26-15-22(20-6-8-30-25(14-20)36-10-12-39-13-11-36)35-38(26)27(19)32-23-7-9-37(18-28(23,2)3)24-5-4-21(16-29)33-34-24/h4-6,8,14-15,17,23,32H,7,9-13,18H2,1-3H3. The summed E-state index contributed by atoms with van der Waals surface area (Å²) in [6.07, 6.45) is 4.67. The van der Waals surface area contributed by atoms with Gasteiger partial charge in [0.2, 0.25) is 0 Å². The number of nitrogens with one attached hydrogen (secondary N) is 1. The van der Waals surface area contributed by atoms with Crippen LogP contribution in [0.15, 0.2) is 42.7 Å². The van der Waals surface area contributed by atoms with Gasteiger partial charge in [0.25, 0.3) is 0 Å². The number of aromatic nitrogens is 6. The summed E-state index contributed by atoms with van der Waals surface area (Å²) in [5, 5.41) is 26.1. The molecule has 6 heterocycles. The lowest BCUT2D eigenvalue weighted by molar-refractivity contribution is 0.122. The second kappa shape index (κ2) is 10.1. The van der Waals surface area contributed by atoms with E-state index in [9.17, 15) is 0 Å². The predicted octanol–water partition coefficient (Wildman–Crippen LogP) is 3.32. The zero-order chi connectivity index (χ0) is 27.0. The summed E-state index contributed by atoms with van der Waals surface area (Å²) in [6, 6.07) is 12.0. The molecule has 0 spiro atoms. The van der Waals surface area contributed by atoms with Crippen LogP contribution in [0.4, 0.5) is 17.5 Å². The molecule has 1 atom stereocenters. The molecule has 0 amide bonds. The third-order valence-corrected chi connectivity index (χ3v) is 7.67. The monoisotopic (exact) mass is 524 g/mol. The van der Waals surface area contributed by atoms with Crippen LogP contribution in [0.1, 0.15) is 31.5 Å². The Morgan fingerprint density at radius 3 is 2.62 bits per heavy atom. The van der Waals surface area contributed by atoms with Crippen LogP contribution < -0.4 is 15.1 Å². The number of nitrogens with zero attached hydrogens (tertiary/aromatic N) is 9. The zero-order valence-electron chi connectivity index (χ0n) is 22.5. The van der Waals surface area contributed by atoms with Crippen molar-refractivity contribution in [2.75, 3.05) is 54.5 Å². The van der Waals surface area contributed by atoms with Crippen molar-refractivity contribution in [3.05, 3.63) is 54.0 Å². The molecular weight excluding hydrogens is 492 g/mol. The van der Waals surface area contributed by atoms with Gasteiger partial charge in [0.05, 0.1) is 18.9 Å². The third kappa shape index (κ3) is 4.95. The molecule has 200 valence electrons. The number of morpholine rings is 1. The van der Waals surface area contributed by atoms with Crippen LogP contribution in [0.2, 0.25) is 0 Å². The van der Waals surface area contributed by atoms with Gasteiger partial charge in [-0.1, -0.05) is 13.8 Å². The molecule has 0 radical (unpaired) electrons. The molecule has 0 aromatic carbocycles. The number of nitriles is 1. The Balaban J connectivity index is 1.25. The maximum absolute atomic E-state index is 9.03. The second-order valence-electron chi connectivity index (χ2n) is 10.9. The van der Waals surface area contributed by atoms with Crippen LogP contribution in [-0.4, -0.2) is 75.2 Å². The zero-order valence-corrected chi connectivity index (χ0v) is 22.5. The third-order valence-electron chi connectivity index (χ3n) is 7.67. The van der Waals surface area contributed by atoms with E-state index in [1.54, 1.807) is 6.07 Å². The SMILES string of the molecule is Cc1cnc2cc(-c3ccnc(N4CCOCC4)c3)nn2c1NC1CCN(c2ccc(C#N)nn2)CC1(C)C. The molecule has 0 saturated carbocycles. The molecule has 11 nitrogen and oxygen atoms in total. The first-order valence-corrected chi connectivity index (χ1v) is 13.3. The Bertz CT molecular complexity index is 1520. The molecule has 2 aliphatic rings. The van der Waals surface area contributed by atoms with Gasteiger partial charge in [-0.25, -0.2) is 9.97 Å². The summed E-state index contributed by atoms with van der Waals surface area (Å²) in [5.41, 5.74) is 3.97. The molecule has 2 aliphatic heterocycles. The molecule has 2 saturated heterocycles. The number of ether oxygens (including phenoxy) is 1. The molecule has 4 aromatic heterocycles. The van der Waals surface area contributed by atoms with Gasteiger partial charge in [0.1, 0.15) is 17.7 Å². The number of rotatable bonds is 5. The Morgan fingerprint density at radius 2 is 1.87 bits per heavy atom. The molecule has 1 unspecified atom stereocenters. The van der Waals surface area contributed by atoms with Crippen molar-refractivity contribution >= 4 is 23.1 Å². The summed E-state index contributed by atoms with van der Waals surface area (Å²) >= 11 is 0. The highest BCUT2D eigenvalue weighted by Crippen LogP contribution is 2.34. The summed E-state index contributed by atoms with van der Waals surface area (Å²) < 4.78 is 7.42. The van der Waals surface area contributed by atoms with E-state index in [0.717, 1.165) is 72.5 Å². The van der Waals surface area contributed by atoms with E-state index in [4.69, 9.17) is 15.1 Å². The van der Waals surface area contributed by atoms with Crippen molar-refractivity contribution < 1.29 is 4.74 Å². The Kier molecular flexibility index (Phi) is 6.48. The summed E-state index contributed by atoms with van der Waals surface area (Å²) in [6.45, 7) is 11.3. The van der Waals surface area contributed by atoms with Crippen LogP contribution in [0.3, 0.4) is 0 Å². The normalized spacial score (nSPS) is 19.2. The lowest BCUT2D eigenvalue weighted by Crippen LogP contribution is -2.52. The lowest BCUT2D eigenvalue weighted by atomic mass is 9.79. The second-order valence-corrected chi connectivity index (χ2v) is 10.9. The number of anilines is 3. The van der Waals surface area contributed by atoms with Gasteiger partial charge in [0.15, 0.2) is 17.2 Å². The summed E-state index contributed by atoms with van der Waals surface area (Å²) in [5.74, 6) is 2.70. The van der Waals surface area contributed by atoms with Crippen molar-refractivity contribution in [2.45, 2.75) is 33.2 Å². The van der Waals surface area contributed by atoms with Gasteiger partial charge in [-0.05, 0) is 37.6 Å². The van der Waals surface area contributed by atoms with Crippen LogP contribution in [0.25, 0.3) is 16.9 Å². The van der Waals surface area contributed by atoms with E-state index in [2.05, 4.69) is 62.1 Å². The van der Waals surface area contributed by atoms with Crippen molar-refractivity contribution in [1.82, 2.24) is 29.8 Å². The van der Waals surface area contributed by atoms with Crippen LogP contribution in [0.5, 0.6) is 0 Å². The molecule has 6 rings (SSSR count). The maximum atomic E-state index is 9.03. The highest BCUT2D eigenvalue weighted by atomic mass is 16.5. The van der Waals surface area contributed by atoms with Gasteiger partial charge in [-0.3, -0.25) is 0 Å². The highest BCUT2D eigenvalue weighted by Gasteiger charge is 2.37. The molecule has 39 heavy (non-hydrogen) atoms. The minimum atomic E-state index is -0.0655. The van der Waals surface area contributed by atoms with Gasteiger partial charge >= 0.3 is 0 Å². The van der Waals surface area contributed by atoms with Crippen LogP contribution in [-0.2, 0) is 4.74 Å². The first-order chi connectivity index (χ1) is 18.9. The Morgan fingerprint density at radius 1 is 1.03 bits per heavy atom. The van der Waals surface area contributed by atoms with Crippen molar-refractivity contribution in [1.29, 1.82) is 5.26 Å². The smallest absolute Gasteiger partial charge is 0.163 e. The first-order valence-electron chi connectivity index (χ1n) is 13.3. The molecule has 2 fully saturated rings. The minimum absolute atomic E-state index is 0.0655. The average Bonchev–Trinajstić information content (AvgIpc) is 3.40. The van der Waals surface area contributed by atoms with Crippen molar-refractivity contribution in [2.24, 2.45) is 5.41 Å². The number of hydrogen-bond donors (Lipinski definition) is 1. The van der Waals surface area contributed by atoms with E-state index in [-0.39, 0.29) is 11.5 Å². The van der Waals surface area contributed by atoms with E-state index in [1.807, 2.05) is 41.2 Å². The highest BCUT2D eigenvalue weighted by molar-refractivity contribution is 5.68. The fraction of sp³-hybridized carbons (Fsp3) is 0.429. The topological polar surface area (TPSA) is 120 Å². The molecule has 11 heteroatoms. The lowest BCUT2D eigenvalue weighted by Gasteiger charge is -2.45. The largest absolute Gasteiger partial charge is 0.378 e. The number of hydrogen-bond acceptors (Lipinski definition) is 10. The number of aryl methyl sites for hydroxylation is 1. The number of pyridine rings is 1. The average molecular weight is 525 g/mol. The van der Waals surface area contributed by atoms with E-state index < -0.39 is 0 Å². The fourth-order valence-corrected chi connectivity index (χ4v) is 5.42. The van der Waals surface area contributed by atoms with Crippen LogP contribution in [0, 0.1) is 23.7 Å². The van der Waals surface area contributed by atoms with Crippen LogP contribution >= 0.6 is 0 Å². The van der Waals surface area contributed by atoms with E-state index in [0.29, 0.717) is 18.9 Å². The predicted molar refractivity (Wildman–Crippen MR) is 149 cm³/mol. The van der Waals surface area contributed by atoms with Gasteiger partial charge in [0, 0.05) is 67.2 Å². The number of piperidine rings is 1. The van der Waals surface area contributed by atoms with Gasteiger partial charge < -0.3 is 19.9 Å². The summed E-state index contributed by atoms with van der Waals surface area (Å²) in [7, 11) is 0. The Hall–Kier alpha value is -4.30. The van der Waals surface area contributed by atoms with Gasteiger partial charge in [-0.2, -0.15) is 14.9 Å². The molecule has 1 N–H and O–H groups in total. The van der Waals surface area contributed by atoms with E-state index >= 15 is 0 Å². The molecule has 0 aliphatic carbocycles. The van der Waals surface area contributed by atoms with Gasteiger partial charge in [-0.15, -0.1) is 10.2 Å². The fourth-order valence-electron chi connectivity index (χ4n) is 5.42. The molecular formula is C28H32N10O. The number of fused-ring (bicyclic) bond motifs is 1. The first kappa shape index (κ1) is 25.0. The molecule has 4 aromatic rings. The van der Waals surface area contributed by atoms with E-state index in [1.165, 1.54) is 0 Å². The summed E-state index contributed by atoms with van der Waals surface area (Å²) in [4.78, 5) is 13.7. The van der Waals surface area contributed by atoms with Crippen molar-refractivity contribution in [3.63, 3.8) is 0 Å². The maximum Gasteiger partial charge on any atom is 0.163 e. The Labute approximate surface area is 227 Å². The molecule has 0 bridgehead atoms. The quantitative estimate of drug-likeness (QED) is 0.416. The minimum Gasteiger partial charge on any atom is -0.378 e.